The van der Waals surface area contributed by atoms with Crippen LogP contribution in [0.1, 0.15) is 19.0 Å². The first kappa shape index (κ1) is 34.3. The number of fused-ring (bicyclic) bond motifs is 1. The molecule has 2 N–H and O–H groups in total. The van der Waals surface area contributed by atoms with Crippen molar-refractivity contribution in [1.82, 2.24) is 9.47 Å². The summed E-state index contributed by atoms with van der Waals surface area (Å²) in [5, 5.41) is 6.25. The Morgan fingerprint density at radius 3 is 2.53 bits per heavy atom. The van der Waals surface area contributed by atoms with E-state index >= 15 is 8.78 Å². The van der Waals surface area contributed by atoms with Crippen LogP contribution in [0.15, 0.2) is 47.4 Å². The van der Waals surface area contributed by atoms with E-state index in [4.69, 9.17) is 9.47 Å². The fraction of sp³-hybridized carbons (Fsp3) is 0.484. The number of ether oxygens (including phenoxy) is 2. The Kier molecular flexibility index (Phi) is 10.6. The van der Waals surface area contributed by atoms with Gasteiger partial charge in [-0.3, -0.25) is 4.90 Å². The second-order valence-corrected chi connectivity index (χ2v) is 13.3. The van der Waals surface area contributed by atoms with Crippen LogP contribution in [0.2, 0.25) is 0 Å². The zero-order valence-electron chi connectivity index (χ0n) is 25.5. The smallest absolute Gasteiger partial charge is 0.406 e. The molecule has 8 nitrogen and oxygen atoms in total. The SMILES string of the molecule is COCC(C)CN1CCC(Nc2cccc3c2cc(C#CCNc2ccc(S(C)(=O)=O)cc2OC)n3CC(F)(F)F)C(F)(F)C1. The van der Waals surface area contributed by atoms with Gasteiger partial charge < -0.3 is 24.7 Å². The lowest BCUT2D eigenvalue weighted by Gasteiger charge is -2.40. The van der Waals surface area contributed by atoms with E-state index < -0.39 is 41.1 Å². The number of hydrogen-bond acceptors (Lipinski definition) is 7. The first-order valence-corrected chi connectivity index (χ1v) is 16.2. The molecule has 0 amide bonds. The molecule has 1 aliphatic heterocycles. The van der Waals surface area contributed by atoms with Crippen LogP contribution in [0.3, 0.4) is 0 Å². The predicted octanol–water partition coefficient (Wildman–Crippen LogP) is 5.48. The van der Waals surface area contributed by atoms with E-state index in [2.05, 4.69) is 22.5 Å². The number of aromatic nitrogens is 1. The summed E-state index contributed by atoms with van der Waals surface area (Å²) >= 11 is 0. The maximum atomic E-state index is 15.3. The largest absolute Gasteiger partial charge is 0.495 e. The Bertz CT molecular complexity index is 1660. The molecule has 1 fully saturated rings. The molecule has 3 aromatic rings. The van der Waals surface area contributed by atoms with Crippen molar-refractivity contribution in [3.05, 3.63) is 48.2 Å². The van der Waals surface area contributed by atoms with Crippen molar-refractivity contribution in [2.24, 2.45) is 5.92 Å². The average Bonchev–Trinajstić information content (AvgIpc) is 3.28. The molecule has 1 aromatic heterocycles. The van der Waals surface area contributed by atoms with Gasteiger partial charge in [0, 0.05) is 50.2 Å². The van der Waals surface area contributed by atoms with E-state index in [0.29, 0.717) is 36.5 Å². The zero-order valence-corrected chi connectivity index (χ0v) is 26.3. The minimum atomic E-state index is -4.56. The molecule has 2 heterocycles. The molecule has 45 heavy (non-hydrogen) atoms. The van der Waals surface area contributed by atoms with Gasteiger partial charge in [-0.05, 0) is 48.6 Å². The first-order valence-electron chi connectivity index (χ1n) is 14.3. The van der Waals surface area contributed by atoms with Gasteiger partial charge in [-0.2, -0.15) is 13.2 Å². The average molecular weight is 657 g/mol. The lowest BCUT2D eigenvalue weighted by molar-refractivity contribution is -0.140. The molecule has 2 aromatic carbocycles. The van der Waals surface area contributed by atoms with E-state index in [1.54, 1.807) is 18.1 Å². The number of benzene rings is 2. The van der Waals surface area contributed by atoms with Gasteiger partial charge in [-0.25, -0.2) is 17.2 Å². The van der Waals surface area contributed by atoms with Crippen LogP contribution in [-0.4, -0.2) is 89.3 Å². The summed E-state index contributed by atoms with van der Waals surface area (Å²) in [6.45, 7) is 1.57. The van der Waals surface area contributed by atoms with Crippen molar-refractivity contribution >= 4 is 32.1 Å². The number of likely N-dealkylation sites (tertiary alicyclic amines) is 1. The molecule has 2 unspecified atom stereocenters. The van der Waals surface area contributed by atoms with Crippen molar-refractivity contribution in [3.63, 3.8) is 0 Å². The summed E-state index contributed by atoms with van der Waals surface area (Å²) in [7, 11) is -0.512. The highest BCUT2D eigenvalue weighted by Gasteiger charge is 2.45. The van der Waals surface area contributed by atoms with E-state index in [1.807, 2.05) is 6.92 Å². The second-order valence-electron chi connectivity index (χ2n) is 11.3. The number of hydrogen-bond donors (Lipinski definition) is 2. The van der Waals surface area contributed by atoms with Gasteiger partial charge in [0.25, 0.3) is 5.92 Å². The highest BCUT2D eigenvalue weighted by atomic mass is 32.2. The van der Waals surface area contributed by atoms with E-state index in [0.717, 1.165) is 10.8 Å². The summed E-state index contributed by atoms with van der Waals surface area (Å²) < 4.78 is 106. The van der Waals surface area contributed by atoms with Crippen LogP contribution in [0.4, 0.5) is 33.3 Å². The number of halogens is 5. The van der Waals surface area contributed by atoms with Crippen LogP contribution in [0, 0.1) is 17.8 Å². The molecule has 0 saturated carbocycles. The number of anilines is 2. The lowest BCUT2D eigenvalue weighted by Crippen LogP contribution is -2.55. The van der Waals surface area contributed by atoms with E-state index in [-0.39, 0.29) is 40.7 Å². The summed E-state index contributed by atoms with van der Waals surface area (Å²) in [4.78, 5) is 1.77. The van der Waals surface area contributed by atoms with Crippen LogP contribution < -0.4 is 15.4 Å². The van der Waals surface area contributed by atoms with Crippen LogP contribution in [0.25, 0.3) is 10.9 Å². The molecule has 14 heteroatoms. The molecule has 0 spiro atoms. The van der Waals surface area contributed by atoms with Crippen molar-refractivity contribution in [2.75, 3.05) is 63.9 Å². The quantitative estimate of drug-likeness (QED) is 0.209. The molecule has 0 radical (unpaired) electrons. The Labute approximate surface area is 259 Å². The van der Waals surface area contributed by atoms with Gasteiger partial charge in [-0.1, -0.05) is 18.9 Å². The minimum Gasteiger partial charge on any atom is -0.495 e. The van der Waals surface area contributed by atoms with Crippen molar-refractivity contribution < 1.29 is 39.8 Å². The van der Waals surface area contributed by atoms with Crippen LogP contribution in [0.5, 0.6) is 5.75 Å². The fourth-order valence-electron chi connectivity index (χ4n) is 5.50. The third-order valence-corrected chi connectivity index (χ3v) is 8.61. The molecular formula is C31H37F5N4O4S. The van der Waals surface area contributed by atoms with Crippen LogP contribution in [-0.2, 0) is 21.1 Å². The minimum absolute atomic E-state index is 0.00102. The topological polar surface area (TPSA) is 84.8 Å². The molecular weight excluding hydrogens is 619 g/mol. The van der Waals surface area contributed by atoms with Gasteiger partial charge >= 0.3 is 6.18 Å². The van der Waals surface area contributed by atoms with Gasteiger partial charge in [0.2, 0.25) is 0 Å². The maximum absolute atomic E-state index is 15.3. The Balaban J connectivity index is 1.57. The van der Waals surface area contributed by atoms with Crippen molar-refractivity contribution in [2.45, 2.75) is 42.9 Å². The fourth-order valence-corrected chi connectivity index (χ4v) is 6.13. The highest BCUT2D eigenvalue weighted by molar-refractivity contribution is 7.90. The molecule has 4 rings (SSSR count). The number of sulfone groups is 1. The number of methoxy groups -OCH3 is 2. The summed E-state index contributed by atoms with van der Waals surface area (Å²) in [5.41, 5.74) is 1.02. The van der Waals surface area contributed by atoms with Gasteiger partial charge in [-0.15, -0.1) is 0 Å². The molecule has 0 aliphatic carbocycles. The Hall–Kier alpha value is -3.54. The van der Waals surface area contributed by atoms with E-state index in [1.165, 1.54) is 43.5 Å². The summed E-state index contributed by atoms with van der Waals surface area (Å²) in [5.74, 6) is 2.85. The molecule has 0 bridgehead atoms. The van der Waals surface area contributed by atoms with Crippen LogP contribution >= 0.6 is 0 Å². The number of nitrogens with one attached hydrogen (secondary N) is 2. The Morgan fingerprint density at radius 1 is 1.13 bits per heavy atom. The molecule has 2 atom stereocenters. The van der Waals surface area contributed by atoms with Gasteiger partial charge in [0.05, 0.1) is 48.0 Å². The second kappa shape index (κ2) is 13.8. The number of piperidine rings is 1. The monoisotopic (exact) mass is 656 g/mol. The van der Waals surface area contributed by atoms with E-state index in [9.17, 15) is 21.6 Å². The predicted molar refractivity (Wildman–Crippen MR) is 164 cm³/mol. The zero-order chi connectivity index (χ0) is 33.0. The maximum Gasteiger partial charge on any atom is 0.406 e. The summed E-state index contributed by atoms with van der Waals surface area (Å²) in [6.07, 6.45) is -3.33. The third kappa shape index (κ3) is 8.80. The van der Waals surface area contributed by atoms with Crippen molar-refractivity contribution in [1.29, 1.82) is 0 Å². The summed E-state index contributed by atoms with van der Waals surface area (Å²) in [6, 6.07) is 9.15. The van der Waals surface area contributed by atoms with Gasteiger partial charge in [0.15, 0.2) is 9.84 Å². The number of nitrogens with zero attached hydrogens (tertiary/aromatic N) is 2. The molecule has 1 saturated heterocycles. The normalized spacial score (nSPS) is 17.8. The highest BCUT2D eigenvalue weighted by Crippen LogP contribution is 2.35. The van der Waals surface area contributed by atoms with Crippen molar-refractivity contribution in [3.8, 4) is 17.6 Å². The van der Waals surface area contributed by atoms with Gasteiger partial charge in [0.1, 0.15) is 12.3 Å². The number of rotatable bonds is 11. The molecule has 1 aliphatic rings. The lowest BCUT2D eigenvalue weighted by atomic mass is 9.98. The third-order valence-electron chi connectivity index (χ3n) is 7.50. The molecule has 246 valence electrons. The standard InChI is InChI=1S/C31H37F5N4O4S/c1-21(18-43-2)17-39-14-12-29(30(32,33)19-39)38-25-8-5-9-27-24(25)15-22(40(27)20-31(34,35)36)7-6-13-37-26-11-10-23(45(4,41)42)16-28(26)44-3/h5,8-11,15-16,21,29,37-38H,12-14,17-20H2,1-4H3. The Morgan fingerprint density at radius 2 is 1.89 bits per heavy atom. The first-order chi connectivity index (χ1) is 21.1. The number of alkyl halides is 5.